The smallest absolute Gasteiger partial charge is 0.161 e. The molecule has 106 heavy (non-hydrogen) atoms. The van der Waals surface area contributed by atoms with Crippen LogP contribution in [0.25, 0.3) is 181 Å². The SMILES string of the molecule is C1=CC2=C3C(=CC=C4C=CC(c5ccc(-c6c(-c7nc(-c8ccccc8)cc(-c8ccccc8)n7)ccc7c6oc6ccccc67)cc5)=C(C=C2)C43)C1.c1ccc(-c2cc(-c3ccccc3)nc(-c3ccc4c(sc5ccccc54)c3-c3ccc(-c4ccc5ccc6cccc7ccc4c5c67)cc3)n2)cc1. The van der Waals surface area contributed by atoms with Crippen LogP contribution in [0.1, 0.15) is 12.0 Å². The van der Waals surface area contributed by atoms with E-state index < -0.39 is 0 Å². The molecule has 0 aliphatic heterocycles. The molecule has 0 amide bonds. The number of para-hydroxylation sites is 1. The molecule has 4 aromatic heterocycles. The van der Waals surface area contributed by atoms with Crippen LogP contribution in [0.2, 0.25) is 0 Å². The van der Waals surface area contributed by atoms with E-state index in [0.29, 0.717) is 5.82 Å². The van der Waals surface area contributed by atoms with Crippen LogP contribution in [-0.2, 0) is 0 Å². The second-order valence-corrected chi connectivity index (χ2v) is 28.8. The van der Waals surface area contributed by atoms with Gasteiger partial charge in [-0.05, 0) is 142 Å². The summed E-state index contributed by atoms with van der Waals surface area (Å²) in [5, 5.41) is 12.5. The Morgan fingerprint density at radius 2 is 0.849 bits per heavy atom. The Labute approximate surface area is 616 Å². The summed E-state index contributed by atoms with van der Waals surface area (Å²) in [7, 11) is 0. The van der Waals surface area contributed by atoms with Gasteiger partial charge in [-0.3, -0.25) is 0 Å². The average molecular weight is 1370 g/mol. The maximum absolute atomic E-state index is 6.72. The fraction of sp³-hybridized carbons (Fsp3) is 0.0200. The molecule has 4 aliphatic carbocycles. The lowest BCUT2D eigenvalue weighted by Crippen LogP contribution is -2.21. The van der Waals surface area contributed by atoms with E-state index in [2.05, 4.69) is 322 Å². The summed E-state index contributed by atoms with van der Waals surface area (Å²) >= 11 is 1.84. The van der Waals surface area contributed by atoms with Crippen LogP contribution in [0.3, 0.4) is 0 Å². The lowest BCUT2D eigenvalue weighted by Gasteiger charge is -2.36. The molecule has 494 valence electrons. The molecule has 0 saturated heterocycles. The molecule has 0 N–H and O–H groups in total. The lowest BCUT2D eigenvalue weighted by molar-refractivity contribution is 0.670. The molecule has 4 aliphatic rings. The highest BCUT2D eigenvalue weighted by molar-refractivity contribution is 7.26. The summed E-state index contributed by atoms with van der Waals surface area (Å²) in [5.41, 5.74) is 27.7. The van der Waals surface area contributed by atoms with Gasteiger partial charge in [0, 0.05) is 81.4 Å². The fourth-order valence-electron chi connectivity index (χ4n) is 16.7. The standard InChI is InChI=1S/C50H32N2O.C50H30N2S/c2*1-3-10-32(11-4-1)43-30-44(33-12-5-2-6-13-33)52-50(51-43)42-29-28-41-39-16-7-8-17-45(39)53-49(41)48(42)37-20-18-31(19-21-37)38-26-24-36-23-22-34-14-9-15-35-25-27-40(38)47(36)46(34)35/h1-13,15-30,47H,14H2;1-30H. The highest BCUT2D eigenvalue weighted by Gasteiger charge is 2.35. The molecule has 0 bridgehead atoms. The number of allylic oxidation sites excluding steroid dienone is 14. The first-order valence-electron chi connectivity index (χ1n) is 36.2. The monoisotopic (exact) mass is 1370 g/mol. The molecule has 0 saturated carbocycles. The summed E-state index contributed by atoms with van der Waals surface area (Å²) in [4.78, 5) is 21.0. The van der Waals surface area contributed by atoms with E-state index in [9.17, 15) is 0 Å². The van der Waals surface area contributed by atoms with E-state index in [1.165, 1.54) is 103 Å². The predicted molar refractivity (Wildman–Crippen MR) is 442 cm³/mol. The van der Waals surface area contributed by atoms with Crippen molar-refractivity contribution in [3.05, 3.63) is 391 Å². The third kappa shape index (κ3) is 10.4. The van der Waals surface area contributed by atoms with E-state index in [4.69, 9.17) is 24.4 Å². The lowest BCUT2D eigenvalue weighted by atomic mass is 9.67. The topological polar surface area (TPSA) is 64.7 Å². The van der Waals surface area contributed by atoms with Crippen molar-refractivity contribution in [3.63, 3.8) is 0 Å². The van der Waals surface area contributed by atoms with Crippen LogP contribution in [0.5, 0.6) is 0 Å². The van der Waals surface area contributed by atoms with E-state index in [-0.39, 0.29) is 5.92 Å². The summed E-state index contributed by atoms with van der Waals surface area (Å²) in [6.07, 6.45) is 19.4. The number of benzene rings is 14. The van der Waals surface area contributed by atoms with Gasteiger partial charge >= 0.3 is 0 Å². The van der Waals surface area contributed by atoms with Crippen LogP contribution in [0, 0.1) is 5.92 Å². The van der Waals surface area contributed by atoms with Gasteiger partial charge in [-0.25, -0.2) is 19.9 Å². The van der Waals surface area contributed by atoms with Gasteiger partial charge < -0.3 is 4.42 Å². The van der Waals surface area contributed by atoms with Crippen molar-refractivity contribution in [1.29, 1.82) is 0 Å². The van der Waals surface area contributed by atoms with Crippen molar-refractivity contribution in [2.45, 2.75) is 6.42 Å². The molecule has 22 rings (SSSR count). The number of fused-ring (bicyclic) bond motifs is 6. The molecule has 1 unspecified atom stereocenters. The predicted octanol–water partition coefficient (Wildman–Crippen LogP) is 26.8. The van der Waals surface area contributed by atoms with Gasteiger partial charge in [-0.2, -0.15) is 0 Å². The van der Waals surface area contributed by atoms with Crippen LogP contribution in [-0.4, -0.2) is 19.9 Å². The van der Waals surface area contributed by atoms with E-state index in [0.717, 1.165) is 113 Å². The summed E-state index contributed by atoms with van der Waals surface area (Å²) in [6.45, 7) is 0. The zero-order chi connectivity index (χ0) is 69.8. The molecule has 14 aromatic carbocycles. The Morgan fingerprint density at radius 3 is 1.49 bits per heavy atom. The van der Waals surface area contributed by atoms with Gasteiger partial charge in [0.05, 0.1) is 22.8 Å². The van der Waals surface area contributed by atoms with Gasteiger partial charge in [-0.15, -0.1) is 11.3 Å². The summed E-state index contributed by atoms with van der Waals surface area (Å²) in [5.74, 6) is 1.66. The molecule has 1 atom stereocenters. The van der Waals surface area contributed by atoms with E-state index in [1.807, 2.05) is 47.7 Å². The Balaban J connectivity index is 0.000000136. The fourth-order valence-corrected chi connectivity index (χ4v) is 17.9. The zero-order valence-corrected chi connectivity index (χ0v) is 58.3. The first-order chi connectivity index (χ1) is 52.5. The minimum Gasteiger partial charge on any atom is -0.455 e. The number of nitrogens with zero attached hydrogens (tertiary/aromatic N) is 4. The Kier molecular flexibility index (Phi) is 14.5. The second kappa shape index (κ2) is 25.2. The Morgan fingerprint density at radius 1 is 0.340 bits per heavy atom. The zero-order valence-electron chi connectivity index (χ0n) is 57.5. The number of rotatable bonds is 10. The highest BCUT2D eigenvalue weighted by atomic mass is 32.1. The van der Waals surface area contributed by atoms with Crippen molar-refractivity contribution in [3.8, 4) is 101 Å². The third-order valence-electron chi connectivity index (χ3n) is 21.7. The van der Waals surface area contributed by atoms with Gasteiger partial charge in [0.2, 0.25) is 0 Å². The third-order valence-corrected chi connectivity index (χ3v) is 22.9. The minimum absolute atomic E-state index is 0.281. The molecular formula is C100H62N4OS. The van der Waals surface area contributed by atoms with Crippen molar-refractivity contribution in [1.82, 2.24) is 19.9 Å². The first-order valence-corrected chi connectivity index (χ1v) is 37.0. The normalized spacial score (nSPS) is 14.4. The van der Waals surface area contributed by atoms with Gasteiger partial charge in [-0.1, -0.05) is 316 Å². The van der Waals surface area contributed by atoms with E-state index in [1.54, 1.807) is 0 Å². The van der Waals surface area contributed by atoms with E-state index >= 15 is 0 Å². The van der Waals surface area contributed by atoms with Crippen LogP contribution in [0.15, 0.2) is 390 Å². The molecule has 0 radical (unpaired) electrons. The summed E-state index contributed by atoms with van der Waals surface area (Å²) < 4.78 is 9.24. The Hall–Kier alpha value is -13.5. The van der Waals surface area contributed by atoms with Crippen LogP contribution < -0.4 is 0 Å². The molecule has 4 heterocycles. The molecule has 5 nitrogen and oxygen atoms in total. The highest BCUT2D eigenvalue weighted by Crippen LogP contribution is 2.52. The first kappa shape index (κ1) is 61.2. The van der Waals surface area contributed by atoms with Gasteiger partial charge in [0.1, 0.15) is 11.2 Å². The van der Waals surface area contributed by atoms with Gasteiger partial charge in [0.25, 0.3) is 0 Å². The average Bonchev–Trinajstić information content (AvgIpc) is 0.933. The van der Waals surface area contributed by atoms with Crippen LogP contribution >= 0.6 is 11.3 Å². The molecule has 18 aromatic rings. The number of thiophene rings is 1. The molecule has 0 fully saturated rings. The molecule has 6 heteroatoms. The number of aromatic nitrogens is 4. The Bertz CT molecular complexity index is 6720. The maximum atomic E-state index is 6.72. The summed E-state index contributed by atoms with van der Waals surface area (Å²) in [6, 6.07) is 110. The largest absolute Gasteiger partial charge is 0.455 e. The van der Waals surface area contributed by atoms with Crippen molar-refractivity contribution in [2.75, 3.05) is 0 Å². The van der Waals surface area contributed by atoms with Crippen molar-refractivity contribution in [2.24, 2.45) is 5.92 Å². The minimum atomic E-state index is 0.281. The van der Waals surface area contributed by atoms with Crippen LogP contribution in [0.4, 0.5) is 0 Å². The second-order valence-electron chi connectivity index (χ2n) is 27.7. The van der Waals surface area contributed by atoms with Crippen molar-refractivity contribution >= 4 is 91.3 Å². The number of hydrogen-bond acceptors (Lipinski definition) is 6. The molecule has 0 spiro atoms. The van der Waals surface area contributed by atoms with Crippen molar-refractivity contribution < 1.29 is 4.42 Å². The maximum Gasteiger partial charge on any atom is 0.161 e. The quantitative estimate of drug-likeness (QED) is 0.128. The number of furan rings is 1. The number of hydrogen-bond donors (Lipinski definition) is 0. The van der Waals surface area contributed by atoms with Gasteiger partial charge in [0.15, 0.2) is 11.6 Å². The molecular weight excluding hydrogens is 1310 g/mol.